The van der Waals surface area contributed by atoms with Crippen LogP contribution in [0.4, 0.5) is 10.5 Å². The fourth-order valence-corrected chi connectivity index (χ4v) is 3.41. The van der Waals surface area contributed by atoms with Gasteiger partial charge in [0.25, 0.3) is 0 Å². The number of aromatic nitrogens is 1. The number of rotatable bonds is 2. The molecule has 2 aromatic rings. The van der Waals surface area contributed by atoms with Crippen molar-refractivity contribution in [3.05, 3.63) is 45.8 Å². The number of amides is 2. The van der Waals surface area contributed by atoms with Crippen molar-refractivity contribution >= 4 is 27.6 Å². The number of carbonyl (C=O) groups is 1. The average Bonchev–Trinajstić information content (AvgIpc) is 3.08. The number of para-hydroxylation sites is 1. The minimum Gasteiger partial charge on any atom is -0.361 e. The van der Waals surface area contributed by atoms with E-state index in [0.29, 0.717) is 0 Å². The molecule has 5 nitrogen and oxygen atoms in total. The van der Waals surface area contributed by atoms with Crippen LogP contribution in [0, 0.1) is 13.8 Å². The van der Waals surface area contributed by atoms with Gasteiger partial charge in [0.1, 0.15) is 5.76 Å². The summed E-state index contributed by atoms with van der Waals surface area (Å²) in [5.41, 5.74) is 2.68. The molecule has 1 atom stereocenters. The van der Waals surface area contributed by atoms with Gasteiger partial charge in [-0.2, -0.15) is 0 Å². The summed E-state index contributed by atoms with van der Waals surface area (Å²) in [6.45, 7) is 4.57. The summed E-state index contributed by atoms with van der Waals surface area (Å²) >= 11 is 3.45. The number of benzene rings is 1. The monoisotopic (exact) mass is 363 g/mol. The summed E-state index contributed by atoms with van der Waals surface area (Å²) in [6.07, 6.45) is 1.92. The van der Waals surface area contributed by atoms with Crippen LogP contribution in [-0.4, -0.2) is 22.6 Å². The van der Waals surface area contributed by atoms with E-state index in [1.807, 2.05) is 43.0 Å². The van der Waals surface area contributed by atoms with E-state index >= 15 is 0 Å². The summed E-state index contributed by atoms with van der Waals surface area (Å²) in [4.78, 5) is 14.5. The Balaban J connectivity index is 1.81. The third-order valence-corrected chi connectivity index (χ3v) is 4.74. The van der Waals surface area contributed by atoms with E-state index < -0.39 is 0 Å². The smallest absolute Gasteiger partial charge is 0.322 e. The molecule has 1 aliphatic rings. The largest absolute Gasteiger partial charge is 0.361 e. The molecule has 6 heteroatoms. The third kappa shape index (κ3) is 2.75. The van der Waals surface area contributed by atoms with E-state index in [4.69, 9.17) is 4.52 Å². The third-order valence-electron chi connectivity index (χ3n) is 4.05. The van der Waals surface area contributed by atoms with Crippen molar-refractivity contribution in [1.29, 1.82) is 0 Å². The molecule has 0 spiro atoms. The van der Waals surface area contributed by atoms with Gasteiger partial charge in [0.2, 0.25) is 0 Å². The van der Waals surface area contributed by atoms with Crippen LogP contribution in [0.2, 0.25) is 0 Å². The second kappa shape index (κ2) is 6.12. The van der Waals surface area contributed by atoms with Gasteiger partial charge in [-0.1, -0.05) is 17.3 Å². The van der Waals surface area contributed by atoms with Gasteiger partial charge < -0.3 is 14.7 Å². The van der Waals surface area contributed by atoms with Crippen molar-refractivity contribution in [2.75, 3.05) is 11.9 Å². The first-order valence-electron chi connectivity index (χ1n) is 7.33. The Hall–Kier alpha value is -1.82. The number of likely N-dealkylation sites (tertiary alicyclic amines) is 1. The molecule has 0 unspecified atom stereocenters. The summed E-state index contributed by atoms with van der Waals surface area (Å²) in [6, 6.07) is 7.55. The van der Waals surface area contributed by atoms with Crippen molar-refractivity contribution in [1.82, 2.24) is 10.1 Å². The number of nitrogens with zero attached hydrogens (tertiary/aromatic N) is 2. The summed E-state index contributed by atoms with van der Waals surface area (Å²) in [5.74, 6) is 0.795. The van der Waals surface area contributed by atoms with Gasteiger partial charge in [-0.25, -0.2) is 4.79 Å². The zero-order valence-corrected chi connectivity index (χ0v) is 14.2. The number of urea groups is 1. The zero-order chi connectivity index (χ0) is 15.7. The first-order chi connectivity index (χ1) is 10.6. The van der Waals surface area contributed by atoms with Gasteiger partial charge in [-0.15, -0.1) is 0 Å². The van der Waals surface area contributed by atoms with Crippen molar-refractivity contribution in [3.8, 4) is 0 Å². The molecule has 22 heavy (non-hydrogen) atoms. The molecule has 0 radical (unpaired) electrons. The molecule has 1 aromatic carbocycles. The molecule has 1 saturated heterocycles. The Bertz CT molecular complexity index is 679. The minimum absolute atomic E-state index is 0.0359. The molecular formula is C16H18BrN3O2. The molecule has 2 amide bonds. The first kappa shape index (κ1) is 15.1. The van der Waals surface area contributed by atoms with E-state index in [2.05, 4.69) is 26.4 Å². The van der Waals surface area contributed by atoms with Gasteiger partial charge in [-0.3, -0.25) is 0 Å². The summed E-state index contributed by atoms with van der Waals surface area (Å²) in [7, 11) is 0. The Morgan fingerprint density at radius 2 is 2.18 bits per heavy atom. The maximum Gasteiger partial charge on any atom is 0.322 e. The highest BCUT2D eigenvalue weighted by Crippen LogP contribution is 2.36. The summed E-state index contributed by atoms with van der Waals surface area (Å²) < 4.78 is 6.13. The maximum atomic E-state index is 12.6. The summed E-state index contributed by atoms with van der Waals surface area (Å²) in [5, 5.41) is 6.98. The number of hydrogen-bond acceptors (Lipinski definition) is 3. The quantitative estimate of drug-likeness (QED) is 0.858. The van der Waals surface area contributed by atoms with Gasteiger partial charge in [-0.05, 0) is 54.8 Å². The van der Waals surface area contributed by atoms with Gasteiger partial charge in [0.05, 0.1) is 17.4 Å². The molecule has 0 bridgehead atoms. The Morgan fingerprint density at radius 3 is 2.86 bits per heavy atom. The lowest BCUT2D eigenvalue weighted by Gasteiger charge is -2.25. The highest BCUT2D eigenvalue weighted by atomic mass is 79.9. The van der Waals surface area contributed by atoms with Crippen LogP contribution >= 0.6 is 15.9 Å². The minimum atomic E-state index is -0.0885. The highest BCUT2D eigenvalue weighted by Gasteiger charge is 2.33. The first-order valence-corrected chi connectivity index (χ1v) is 8.12. The molecule has 1 N–H and O–H groups in total. The number of anilines is 1. The predicted molar refractivity (Wildman–Crippen MR) is 87.8 cm³/mol. The number of hydrogen-bond donors (Lipinski definition) is 1. The number of carbonyl (C=O) groups excluding carboxylic acids is 1. The second-order valence-corrected chi connectivity index (χ2v) is 6.35. The Labute approximate surface area is 137 Å². The van der Waals surface area contributed by atoms with E-state index in [-0.39, 0.29) is 12.1 Å². The number of aryl methyl sites for hydroxylation is 2. The molecule has 0 saturated carbocycles. The standard InChI is InChI=1S/C16H18BrN3O2/c1-10-15(11(2)22-19-10)14-8-5-9-20(14)16(21)18-13-7-4-3-6-12(13)17/h3-4,6-7,14H,5,8-9H2,1-2H3,(H,18,21)/t14-/m1/s1. The lowest BCUT2D eigenvalue weighted by molar-refractivity contribution is 0.206. The molecule has 2 heterocycles. The molecule has 1 aliphatic heterocycles. The van der Waals surface area contributed by atoms with Crippen LogP contribution in [0.5, 0.6) is 0 Å². The lowest BCUT2D eigenvalue weighted by Crippen LogP contribution is -2.34. The Kier molecular flexibility index (Phi) is 4.20. The van der Waals surface area contributed by atoms with Crippen molar-refractivity contribution in [2.45, 2.75) is 32.7 Å². The topological polar surface area (TPSA) is 58.4 Å². The Morgan fingerprint density at radius 1 is 1.41 bits per heavy atom. The average molecular weight is 364 g/mol. The van der Waals surface area contributed by atoms with Crippen LogP contribution in [0.15, 0.2) is 33.3 Å². The van der Waals surface area contributed by atoms with E-state index in [1.54, 1.807) is 0 Å². The van der Waals surface area contributed by atoms with E-state index in [0.717, 1.165) is 46.6 Å². The fourth-order valence-electron chi connectivity index (χ4n) is 3.03. The van der Waals surface area contributed by atoms with Crippen LogP contribution in [0.3, 0.4) is 0 Å². The molecule has 1 aromatic heterocycles. The number of nitrogens with one attached hydrogen (secondary N) is 1. The molecule has 1 fully saturated rings. The molecular weight excluding hydrogens is 346 g/mol. The SMILES string of the molecule is Cc1noc(C)c1[C@H]1CCCN1C(=O)Nc1ccccc1Br. The van der Waals surface area contributed by atoms with E-state index in [9.17, 15) is 4.79 Å². The molecule has 116 valence electrons. The zero-order valence-electron chi connectivity index (χ0n) is 12.6. The maximum absolute atomic E-state index is 12.6. The second-order valence-electron chi connectivity index (χ2n) is 5.50. The fraction of sp³-hybridized carbons (Fsp3) is 0.375. The van der Waals surface area contributed by atoms with Gasteiger partial charge in [0, 0.05) is 16.6 Å². The predicted octanol–water partition coefficient (Wildman–Crippen LogP) is 4.42. The van der Waals surface area contributed by atoms with Crippen molar-refractivity contribution in [2.24, 2.45) is 0 Å². The highest BCUT2D eigenvalue weighted by molar-refractivity contribution is 9.10. The molecule has 0 aliphatic carbocycles. The van der Waals surface area contributed by atoms with E-state index in [1.165, 1.54) is 0 Å². The van der Waals surface area contributed by atoms with Crippen LogP contribution in [0.25, 0.3) is 0 Å². The lowest BCUT2D eigenvalue weighted by atomic mass is 10.0. The van der Waals surface area contributed by atoms with Crippen molar-refractivity contribution in [3.63, 3.8) is 0 Å². The van der Waals surface area contributed by atoms with Crippen molar-refractivity contribution < 1.29 is 9.32 Å². The van der Waals surface area contributed by atoms with Crippen LogP contribution in [0.1, 0.15) is 35.9 Å². The van der Waals surface area contributed by atoms with Crippen LogP contribution < -0.4 is 5.32 Å². The normalized spacial score (nSPS) is 17.8. The van der Waals surface area contributed by atoms with Gasteiger partial charge >= 0.3 is 6.03 Å². The van der Waals surface area contributed by atoms with Crippen LogP contribution in [-0.2, 0) is 0 Å². The molecule has 3 rings (SSSR count). The van der Waals surface area contributed by atoms with Gasteiger partial charge in [0.15, 0.2) is 0 Å². The number of halogens is 1.